The Bertz CT molecular complexity index is 1270. The van der Waals surface area contributed by atoms with Gasteiger partial charge in [-0.2, -0.15) is 21.9 Å². The number of nitrogen functional groups attached to an aromatic ring is 1. The highest BCUT2D eigenvalue weighted by Gasteiger charge is 2.13. The number of hydrogen-bond donors (Lipinski definition) is 3. The van der Waals surface area contributed by atoms with Crippen LogP contribution < -0.4 is 5.73 Å². The lowest BCUT2D eigenvalue weighted by Crippen LogP contribution is -1.98. The van der Waals surface area contributed by atoms with Crippen molar-refractivity contribution in [2.45, 2.75) is 9.79 Å². The largest absolute Gasteiger partial charge is 0.398 e. The van der Waals surface area contributed by atoms with Crippen molar-refractivity contribution >= 4 is 48.1 Å². The molecule has 0 heterocycles. The summed E-state index contributed by atoms with van der Waals surface area (Å²) in [5.41, 5.74) is 6.89. The highest BCUT2D eigenvalue weighted by molar-refractivity contribution is 7.86. The zero-order valence-electron chi connectivity index (χ0n) is 13.5. The van der Waals surface area contributed by atoms with Crippen LogP contribution >= 0.6 is 0 Å². The van der Waals surface area contributed by atoms with Gasteiger partial charge in [-0.15, -0.1) is 5.11 Å². The fourth-order valence-corrected chi connectivity index (χ4v) is 3.36. The smallest absolute Gasteiger partial charge is 0.294 e. The van der Waals surface area contributed by atoms with Crippen molar-refractivity contribution in [2.24, 2.45) is 10.2 Å². The van der Waals surface area contributed by atoms with E-state index in [2.05, 4.69) is 10.2 Å². The normalized spacial score (nSPS) is 12.7. The summed E-state index contributed by atoms with van der Waals surface area (Å²) in [5, 5.41) is 8.96. The molecule has 3 aromatic rings. The molecule has 3 aromatic carbocycles. The molecule has 0 aromatic heterocycles. The molecule has 0 radical (unpaired) electrons. The van der Waals surface area contributed by atoms with Crippen LogP contribution in [0.4, 0.5) is 17.1 Å². The summed E-state index contributed by atoms with van der Waals surface area (Å²) in [6.45, 7) is 0. The van der Waals surface area contributed by atoms with E-state index in [-0.39, 0.29) is 9.79 Å². The lowest BCUT2D eigenvalue weighted by atomic mass is 10.1. The SMILES string of the molecule is Nc1ccc(N=Nc2ccc(S(=O)(=O)O)cc2)c2ccc(S(=O)(=O)O)cc12. The van der Waals surface area contributed by atoms with Crippen LogP contribution in [0.25, 0.3) is 10.8 Å². The highest BCUT2D eigenvalue weighted by Crippen LogP contribution is 2.33. The second-order valence-electron chi connectivity index (χ2n) is 5.53. The van der Waals surface area contributed by atoms with E-state index in [0.717, 1.165) is 0 Å². The predicted octanol–water partition coefficient (Wildman–Crippen LogP) is 3.33. The van der Waals surface area contributed by atoms with E-state index < -0.39 is 20.2 Å². The van der Waals surface area contributed by atoms with Gasteiger partial charge in [0.2, 0.25) is 0 Å². The van der Waals surface area contributed by atoms with Gasteiger partial charge >= 0.3 is 0 Å². The first kappa shape index (κ1) is 18.9. The number of nitrogens with two attached hydrogens (primary N) is 1. The van der Waals surface area contributed by atoms with E-state index in [1.807, 2.05) is 0 Å². The van der Waals surface area contributed by atoms with Crippen LogP contribution in [-0.4, -0.2) is 25.9 Å². The molecule has 0 saturated carbocycles. The molecule has 0 amide bonds. The van der Waals surface area contributed by atoms with Gasteiger partial charge in [-0.1, -0.05) is 6.07 Å². The van der Waals surface area contributed by atoms with Gasteiger partial charge in [0.1, 0.15) is 0 Å². The molecule has 0 aliphatic heterocycles. The first-order valence-electron chi connectivity index (χ1n) is 7.35. The number of nitrogens with zero attached hydrogens (tertiary/aromatic N) is 2. The molecular weight excluding hydrogens is 394 g/mol. The first-order valence-corrected chi connectivity index (χ1v) is 10.2. The fraction of sp³-hybridized carbons (Fsp3) is 0. The van der Waals surface area contributed by atoms with Gasteiger partial charge in [-0.25, -0.2) is 0 Å². The van der Waals surface area contributed by atoms with Crippen LogP contribution in [0.15, 0.2) is 74.6 Å². The Morgan fingerprint density at radius 2 is 1.30 bits per heavy atom. The van der Waals surface area contributed by atoms with E-state index in [4.69, 9.17) is 14.8 Å². The molecule has 3 rings (SSSR count). The Labute approximate surface area is 154 Å². The molecule has 0 aliphatic carbocycles. The number of azo groups is 1. The summed E-state index contributed by atoms with van der Waals surface area (Å²) < 4.78 is 62.8. The van der Waals surface area contributed by atoms with Gasteiger partial charge in [0.05, 0.1) is 21.2 Å². The molecule has 9 nitrogen and oxygen atoms in total. The molecule has 11 heteroatoms. The summed E-state index contributed by atoms with van der Waals surface area (Å²) >= 11 is 0. The van der Waals surface area contributed by atoms with Crippen molar-refractivity contribution in [1.82, 2.24) is 0 Å². The van der Waals surface area contributed by atoms with Crippen molar-refractivity contribution in [3.8, 4) is 0 Å². The standard InChI is InChI=1S/C16H13N3O6S2/c17-15-7-8-16(13-6-5-12(9-14(13)15)27(23,24)25)19-18-10-1-3-11(4-2-10)26(20,21)22/h1-9H,17H2,(H,20,21,22)(H,23,24,25). The molecule has 0 aliphatic rings. The van der Waals surface area contributed by atoms with E-state index in [9.17, 15) is 16.8 Å². The van der Waals surface area contributed by atoms with Crippen molar-refractivity contribution in [1.29, 1.82) is 0 Å². The number of benzene rings is 3. The van der Waals surface area contributed by atoms with Gasteiger partial charge in [-0.3, -0.25) is 9.11 Å². The molecule has 0 bridgehead atoms. The number of anilines is 1. The minimum atomic E-state index is -4.37. The Balaban J connectivity index is 2.02. The topological polar surface area (TPSA) is 159 Å². The molecular formula is C16H13N3O6S2. The summed E-state index contributed by atoms with van der Waals surface area (Å²) in [6.07, 6.45) is 0. The number of rotatable bonds is 4. The summed E-state index contributed by atoms with van der Waals surface area (Å²) in [5.74, 6) is 0. The van der Waals surface area contributed by atoms with Crippen molar-refractivity contribution < 1.29 is 25.9 Å². The molecule has 140 valence electrons. The minimum absolute atomic E-state index is 0.267. The van der Waals surface area contributed by atoms with E-state index in [0.29, 0.717) is 27.8 Å². The first-order chi connectivity index (χ1) is 12.6. The van der Waals surface area contributed by atoms with Crippen LogP contribution in [0.1, 0.15) is 0 Å². The van der Waals surface area contributed by atoms with Crippen LogP contribution in [0.2, 0.25) is 0 Å². The minimum Gasteiger partial charge on any atom is -0.398 e. The molecule has 4 N–H and O–H groups in total. The maximum absolute atomic E-state index is 11.3. The second kappa shape index (κ2) is 6.70. The van der Waals surface area contributed by atoms with Crippen LogP contribution in [-0.2, 0) is 20.2 Å². The van der Waals surface area contributed by atoms with Crippen molar-refractivity contribution in [2.75, 3.05) is 5.73 Å². The second-order valence-corrected chi connectivity index (χ2v) is 8.37. The van der Waals surface area contributed by atoms with E-state index in [1.165, 1.54) is 48.5 Å². The Morgan fingerprint density at radius 1 is 0.704 bits per heavy atom. The lowest BCUT2D eigenvalue weighted by Gasteiger charge is -2.06. The Kier molecular flexibility index (Phi) is 4.70. The van der Waals surface area contributed by atoms with Gasteiger partial charge < -0.3 is 5.73 Å². The van der Waals surface area contributed by atoms with Gasteiger partial charge in [0, 0.05) is 16.5 Å². The van der Waals surface area contributed by atoms with Crippen molar-refractivity contribution in [3.63, 3.8) is 0 Å². The summed E-state index contributed by atoms with van der Waals surface area (Å²) in [6, 6.07) is 12.1. The zero-order chi connectivity index (χ0) is 19.8. The summed E-state index contributed by atoms with van der Waals surface area (Å²) in [4.78, 5) is -0.561. The van der Waals surface area contributed by atoms with Crippen LogP contribution in [0.3, 0.4) is 0 Å². The number of fused-ring (bicyclic) bond motifs is 1. The third kappa shape index (κ3) is 4.11. The number of hydrogen-bond acceptors (Lipinski definition) is 7. The average Bonchev–Trinajstić information content (AvgIpc) is 2.60. The Morgan fingerprint density at radius 3 is 1.89 bits per heavy atom. The van der Waals surface area contributed by atoms with Gasteiger partial charge in [-0.05, 0) is 48.5 Å². The van der Waals surface area contributed by atoms with E-state index >= 15 is 0 Å². The van der Waals surface area contributed by atoms with Crippen LogP contribution in [0.5, 0.6) is 0 Å². The maximum atomic E-state index is 11.3. The quantitative estimate of drug-likeness (QED) is 0.339. The average molecular weight is 407 g/mol. The fourth-order valence-electron chi connectivity index (χ4n) is 2.38. The Hall–Kier alpha value is -2.86. The van der Waals surface area contributed by atoms with Crippen LogP contribution in [0, 0.1) is 0 Å². The molecule has 0 unspecified atom stereocenters. The molecule has 0 atom stereocenters. The molecule has 0 spiro atoms. The highest BCUT2D eigenvalue weighted by atomic mass is 32.2. The van der Waals surface area contributed by atoms with E-state index in [1.54, 1.807) is 6.07 Å². The predicted molar refractivity (Wildman–Crippen MR) is 98.6 cm³/mol. The maximum Gasteiger partial charge on any atom is 0.294 e. The van der Waals surface area contributed by atoms with Gasteiger partial charge in [0.25, 0.3) is 20.2 Å². The van der Waals surface area contributed by atoms with Crippen molar-refractivity contribution in [3.05, 3.63) is 54.6 Å². The molecule has 0 fully saturated rings. The summed E-state index contributed by atoms with van der Waals surface area (Å²) in [7, 11) is -8.67. The monoisotopic (exact) mass is 407 g/mol. The zero-order valence-corrected chi connectivity index (χ0v) is 15.1. The third-order valence-electron chi connectivity index (χ3n) is 3.70. The molecule has 27 heavy (non-hydrogen) atoms. The third-order valence-corrected chi connectivity index (χ3v) is 5.42. The molecule has 0 saturated heterocycles. The lowest BCUT2D eigenvalue weighted by molar-refractivity contribution is 0.481. The van der Waals surface area contributed by atoms with Gasteiger partial charge in [0.15, 0.2) is 0 Å².